The van der Waals surface area contributed by atoms with Crippen molar-refractivity contribution in [3.63, 3.8) is 0 Å². The zero-order valence-electron chi connectivity index (χ0n) is 9.01. The number of aliphatic hydroxyl groups excluding tert-OH is 1. The van der Waals surface area contributed by atoms with Crippen molar-refractivity contribution >= 4 is 26.0 Å². The van der Waals surface area contributed by atoms with E-state index >= 15 is 0 Å². The van der Waals surface area contributed by atoms with E-state index in [4.69, 9.17) is 5.11 Å². The first-order valence-corrected chi connectivity index (χ1v) is 7.53. The summed E-state index contributed by atoms with van der Waals surface area (Å²) in [5, 5.41) is 9.11. The van der Waals surface area contributed by atoms with E-state index in [1.165, 1.54) is 18.5 Å². The van der Waals surface area contributed by atoms with Crippen LogP contribution in [0.5, 0.6) is 0 Å². The molecule has 0 atom stereocenters. The SMILES string of the molecule is O=S(=O)(NCC1CC(O)C1)c1cncc(Br)c1. The predicted octanol–water partition coefficient (Wildman–Crippen LogP) is 0.893. The highest BCUT2D eigenvalue weighted by Gasteiger charge is 2.28. The van der Waals surface area contributed by atoms with E-state index < -0.39 is 10.0 Å². The molecule has 0 aromatic carbocycles. The quantitative estimate of drug-likeness (QED) is 0.863. The highest BCUT2D eigenvalue weighted by molar-refractivity contribution is 9.10. The molecule has 0 aliphatic heterocycles. The smallest absolute Gasteiger partial charge is 0.242 e. The van der Waals surface area contributed by atoms with Crippen LogP contribution in [0.15, 0.2) is 27.8 Å². The fourth-order valence-electron chi connectivity index (χ4n) is 1.72. The maximum atomic E-state index is 11.9. The Bertz CT molecular complexity index is 500. The fourth-order valence-corrected chi connectivity index (χ4v) is 3.34. The number of halogens is 1. The third kappa shape index (κ3) is 3.25. The average molecular weight is 321 g/mol. The molecule has 0 unspecified atom stereocenters. The van der Waals surface area contributed by atoms with E-state index in [0.29, 0.717) is 23.9 Å². The topological polar surface area (TPSA) is 79.3 Å². The van der Waals surface area contributed by atoms with Gasteiger partial charge in [0.2, 0.25) is 10.0 Å². The van der Waals surface area contributed by atoms with Gasteiger partial charge >= 0.3 is 0 Å². The van der Waals surface area contributed by atoms with Crippen LogP contribution in [0.2, 0.25) is 0 Å². The van der Waals surface area contributed by atoms with Gasteiger partial charge in [0.15, 0.2) is 0 Å². The van der Waals surface area contributed by atoms with Crippen molar-refractivity contribution in [2.45, 2.75) is 23.8 Å². The zero-order valence-corrected chi connectivity index (χ0v) is 11.4. The first-order valence-electron chi connectivity index (χ1n) is 5.25. The Morgan fingerprint density at radius 2 is 2.18 bits per heavy atom. The van der Waals surface area contributed by atoms with E-state index in [0.717, 1.165) is 0 Å². The number of sulfonamides is 1. The molecular formula is C10H13BrN2O3S. The highest BCUT2D eigenvalue weighted by atomic mass is 79.9. The Balaban J connectivity index is 1.99. The molecule has 1 fully saturated rings. The summed E-state index contributed by atoms with van der Waals surface area (Å²) in [5.41, 5.74) is 0. The Labute approximate surface area is 108 Å². The van der Waals surface area contributed by atoms with Crippen LogP contribution in [-0.2, 0) is 10.0 Å². The summed E-state index contributed by atoms with van der Waals surface area (Å²) in [6, 6.07) is 1.50. The Morgan fingerprint density at radius 3 is 2.76 bits per heavy atom. The Hall–Kier alpha value is -0.500. The maximum absolute atomic E-state index is 11.9. The second-order valence-corrected chi connectivity index (χ2v) is 6.86. The zero-order chi connectivity index (χ0) is 12.5. The van der Waals surface area contributed by atoms with Gasteiger partial charge in [0.05, 0.1) is 6.10 Å². The summed E-state index contributed by atoms with van der Waals surface area (Å²) in [7, 11) is -3.50. The maximum Gasteiger partial charge on any atom is 0.242 e. The lowest BCUT2D eigenvalue weighted by Crippen LogP contribution is -2.38. The third-order valence-electron chi connectivity index (χ3n) is 2.76. The number of aliphatic hydroxyl groups is 1. The van der Waals surface area contributed by atoms with Gasteiger partial charge in [-0.25, -0.2) is 13.1 Å². The number of rotatable bonds is 4. The summed E-state index contributed by atoms with van der Waals surface area (Å²) in [6.45, 7) is 0.367. The van der Waals surface area contributed by atoms with Crippen LogP contribution in [0, 0.1) is 5.92 Å². The van der Waals surface area contributed by atoms with Gasteiger partial charge in [0.25, 0.3) is 0 Å². The van der Waals surface area contributed by atoms with E-state index in [9.17, 15) is 8.42 Å². The highest BCUT2D eigenvalue weighted by Crippen LogP contribution is 2.26. The number of hydrogen-bond donors (Lipinski definition) is 2. The molecule has 2 N–H and O–H groups in total. The summed E-state index contributed by atoms with van der Waals surface area (Å²) in [4.78, 5) is 3.96. The molecule has 1 aliphatic rings. The van der Waals surface area contributed by atoms with Crippen molar-refractivity contribution < 1.29 is 13.5 Å². The van der Waals surface area contributed by atoms with Crippen LogP contribution < -0.4 is 4.72 Å². The second kappa shape index (κ2) is 5.01. The van der Waals surface area contributed by atoms with Crippen LogP contribution in [-0.4, -0.2) is 31.2 Å². The van der Waals surface area contributed by atoms with Crippen molar-refractivity contribution in [2.75, 3.05) is 6.54 Å². The molecule has 0 bridgehead atoms. The first kappa shape index (κ1) is 12.9. The fraction of sp³-hybridized carbons (Fsp3) is 0.500. The Kier molecular flexibility index (Phi) is 3.82. The van der Waals surface area contributed by atoms with Crippen LogP contribution in [0.1, 0.15) is 12.8 Å². The monoisotopic (exact) mass is 320 g/mol. The molecule has 1 heterocycles. The standard InChI is InChI=1S/C10H13BrN2O3S/c11-8-3-10(6-12-5-8)17(15,16)13-4-7-1-9(14)2-7/h3,5-7,9,13-14H,1-2,4H2. The van der Waals surface area contributed by atoms with Gasteiger partial charge in [0.1, 0.15) is 4.90 Å². The molecule has 7 heteroatoms. The average Bonchev–Trinajstić information content (AvgIpc) is 2.23. The minimum absolute atomic E-state index is 0.145. The van der Waals surface area contributed by atoms with E-state index in [2.05, 4.69) is 25.6 Å². The largest absolute Gasteiger partial charge is 0.393 e. The number of hydrogen-bond acceptors (Lipinski definition) is 4. The third-order valence-corrected chi connectivity index (χ3v) is 4.59. The summed E-state index contributed by atoms with van der Waals surface area (Å²) in [6.07, 6.45) is 3.90. The van der Waals surface area contributed by atoms with Gasteiger partial charge in [-0.2, -0.15) is 0 Å². The molecule has 17 heavy (non-hydrogen) atoms. The van der Waals surface area contributed by atoms with Crippen LogP contribution >= 0.6 is 15.9 Å². The molecule has 1 saturated carbocycles. The van der Waals surface area contributed by atoms with E-state index in [1.54, 1.807) is 0 Å². The molecule has 0 amide bonds. The summed E-state index contributed by atoms with van der Waals surface area (Å²) < 4.78 is 26.9. The van der Waals surface area contributed by atoms with Crippen molar-refractivity contribution in [3.05, 3.63) is 22.9 Å². The van der Waals surface area contributed by atoms with Crippen molar-refractivity contribution in [1.82, 2.24) is 9.71 Å². The predicted molar refractivity (Wildman–Crippen MR) is 65.9 cm³/mol. The van der Waals surface area contributed by atoms with Crippen molar-refractivity contribution in [1.29, 1.82) is 0 Å². The minimum Gasteiger partial charge on any atom is -0.393 e. The molecule has 1 aromatic heterocycles. The summed E-state index contributed by atoms with van der Waals surface area (Å²) in [5.74, 6) is 0.236. The molecular weight excluding hydrogens is 308 g/mol. The van der Waals surface area contributed by atoms with Crippen LogP contribution in [0.25, 0.3) is 0 Å². The van der Waals surface area contributed by atoms with E-state index in [-0.39, 0.29) is 16.9 Å². The molecule has 0 spiro atoms. The second-order valence-electron chi connectivity index (χ2n) is 4.18. The molecule has 0 radical (unpaired) electrons. The molecule has 1 aromatic rings. The first-order chi connectivity index (χ1) is 7.97. The van der Waals surface area contributed by atoms with Crippen molar-refractivity contribution in [2.24, 2.45) is 5.92 Å². The molecule has 5 nitrogen and oxygen atoms in total. The lowest BCUT2D eigenvalue weighted by molar-refractivity contribution is 0.0453. The van der Waals surface area contributed by atoms with Crippen LogP contribution in [0.3, 0.4) is 0 Å². The van der Waals surface area contributed by atoms with Gasteiger partial charge in [0, 0.05) is 23.4 Å². The number of nitrogens with one attached hydrogen (secondary N) is 1. The van der Waals surface area contributed by atoms with Gasteiger partial charge in [-0.15, -0.1) is 0 Å². The minimum atomic E-state index is -3.50. The molecule has 0 saturated heterocycles. The number of nitrogens with zero attached hydrogens (tertiary/aromatic N) is 1. The molecule has 94 valence electrons. The number of aromatic nitrogens is 1. The lowest BCUT2D eigenvalue weighted by atomic mass is 9.83. The summed E-state index contributed by atoms with van der Waals surface area (Å²) >= 11 is 3.18. The van der Waals surface area contributed by atoms with Gasteiger partial charge in [-0.1, -0.05) is 0 Å². The lowest BCUT2D eigenvalue weighted by Gasteiger charge is -2.31. The number of pyridine rings is 1. The van der Waals surface area contributed by atoms with Gasteiger partial charge in [-0.3, -0.25) is 4.98 Å². The Morgan fingerprint density at radius 1 is 1.47 bits per heavy atom. The molecule has 2 rings (SSSR count). The van der Waals surface area contributed by atoms with Crippen LogP contribution in [0.4, 0.5) is 0 Å². The van der Waals surface area contributed by atoms with Crippen molar-refractivity contribution in [3.8, 4) is 0 Å². The van der Waals surface area contributed by atoms with E-state index in [1.807, 2.05) is 0 Å². The molecule has 1 aliphatic carbocycles. The van der Waals surface area contributed by atoms with Gasteiger partial charge in [-0.05, 0) is 40.8 Å². The van der Waals surface area contributed by atoms with Gasteiger partial charge < -0.3 is 5.11 Å². The normalized spacial score (nSPS) is 24.4.